The number of carbonyl (C=O) groups is 4. The third-order valence-corrected chi connectivity index (χ3v) is 10.3. The van der Waals surface area contributed by atoms with Crippen molar-refractivity contribution in [1.29, 1.82) is 0 Å². The molecule has 0 radical (unpaired) electrons. The zero-order chi connectivity index (χ0) is 36.5. The molecule has 0 aliphatic carbocycles. The van der Waals surface area contributed by atoms with Crippen molar-refractivity contribution >= 4 is 70.0 Å². The first-order valence-electron chi connectivity index (χ1n) is 16.6. The molecule has 1 aliphatic rings. The van der Waals surface area contributed by atoms with E-state index >= 15 is 0 Å². The molecule has 4 aromatic rings. The highest BCUT2D eigenvalue weighted by Gasteiger charge is 2.40. The molecule has 1 aliphatic heterocycles. The van der Waals surface area contributed by atoms with E-state index in [1.807, 2.05) is 60.7 Å². The van der Waals surface area contributed by atoms with Crippen LogP contribution in [0.4, 0.5) is 0 Å². The van der Waals surface area contributed by atoms with Crippen molar-refractivity contribution in [3.8, 4) is 0 Å². The fraction of sp³-hybridized carbons (Fsp3) is 0.282. The van der Waals surface area contributed by atoms with Gasteiger partial charge in [-0.25, -0.2) is 0 Å². The topological polar surface area (TPSA) is 104 Å². The Morgan fingerprint density at radius 2 is 1.29 bits per heavy atom. The van der Waals surface area contributed by atoms with Crippen molar-refractivity contribution in [2.24, 2.45) is 5.73 Å². The molecule has 8 nitrogen and oxygen atoms in total. The van der Waals surface area contributed by atoms with Crippen LogP contribution in [0.3, 0.4) is 0 Å². The van der Waals surface area contributed by atoms with E-state index in [0.717, 1.165) is 16.7 Å². The van der Waals surface area contributed by atoms with Crippen LogP contribution in [0.5, 0.6) is 0 Å². The van der Waals surface area contributed by atoms with Gasteiger partial charge in [0.1, 0.15) is 6.04 Å². The first-order valence-corrected chi connectivity index (χ1v) is 18.1. The summed E-state index contributed by atoms with van der Waals surface area (Å²) in [6, 6.07) is 28.9. The Bertz CT molecular complexity index is 1820. The molecule has 0 unspecified atom stereocenters. The number of amides is 4. The lowest BCUT2D eigenvalue weighted by molar-refractivity contribution is -0.146. The summed E-state index contributed by atoms with van der Waals surface area (Å²) >= 11 is 25.0. The molecule has 0 spiro atoms. The summed E-state index contributed by atoms with van der Waals surface area (Å²) in [5, 5.41) is 1.83. The zero-order valence-corrected chi connectivity index (χ0v) is 30.8. The van der Waals surface area contributed by atoms with Crippen LogP contribution in [0, 0.1) is 0 Å². The second-order valence-corrected chi connectivity index (χ2v) is 14.2. The van der Waals surface area contributed by atoms with Gasteiger partial charge in [0.2, 0.25) is 23.6 Å². The third kappa shape index (κ3) is 10.3. The van der Waals surface area contributed by atoms with Gasteiger partial charge in [0, 0.05) is 45.6 Å². The molecule has 4 aromatic carbocycles. The van der Waals surface area contributed by atoms with Gasteiger partial charge in [-0.2, -0.15) is 0 Å². The summed E-state index contributed by atoms with van der Waals surface area (Å²) in [7, 11) is 0. The van der Waals surface area contributed by atoms with Crippen molar-refractivity contribution < 1.29 is 19.2 Å². The third-order valence-electron chi connectivity index (χ3n) is 9.08. The molecule has 0 saturated carbocycles. The van der Waals surface area contributed by atoms with Gasteiger partial charge >= 0.3 is 0 Å². The normalized spacial score (nSPS) is 14.9. The van der Waals surface area contributed by atoms with Crippen molar-refractivity contribution in [3.63, 3.8) is 0 Å². The molecule has 12 heteroatoms. The van der Waals surface area contributed by atoms with E-state index in [1.54, 1.807) is 36.4 Å². The molecular formula is C39H38Cl4N4O4. The number of primary amides is 1. The SMILES string of the molecule is NC(=O)CN(CCc1ccc(Cl)cc1Cl)C(=O)[C@H]1CC(=O)N(CCc2ccc(Cl)cc2Cl)CC(=O)N1CCC(c1ccccc1)c1ccccc1. The van der Waals surface area contributed by atoms with E-state index in [4.69, 9.17) is 52.1 Å². The Labute approximate surface area is 318 Å². The maximum Gasteiger partial charge on any atom is 0.246 e. The standard InChI is InChI=1S/C39H38Cl4N4O4/c40-30-13-11-28(33(42)21-30)15-18-45-25-38(50)47(20-17-32(26-7-3-1-4-8-26)27-9-5-2-6-10-27)35(23-37(45)49)39(51)46(24-36(44)48)19-16-29-12-14-31(41)22-34(29)43/h1-14,21-22,32,35H,15-20,23-25H2,(H2,44,48)/t35-/m1/s1. The lowest BCUT2D eigenvalue weighted by atomic mass is 9.88. The van der Waals surface area contributed by atoms with Gasteiger partial charge in [-0.3, -0.25) is 19.2 Å². The summed E-state index contributed by atoms with van der Waals surface area (Å²) in [5.41, 5.74) is 9.22. The highest BCUT2D eigenvalue weighted by atomic mass is 35.5. The number of rotatable bonds is 14. The number of nitrogens with zero attached hydrogens (tertiary/aromatic N) is 3. The predicted octanol–water partition coefficient (Wildman–Crippen LogP) is 7.05. The van der Waals surface area contributed by atoms with Crippen molar-refractivity contribution in [2.75, 3.05) is 32.7 Å². The zero-order valence-electron chi connectivity index (χ0n) is 27.8. The van der Waals surface area contributed by atoms with Crippen LogP contribution in [-0.4, -0.2) is 77.1 Å². The quantitative estimate of drug-likeness (QED) is 0.149. The minimum Gasteiger partial charge on any atom is -0.368 e. The number of nitrogens with two attached hydrogens (primary N) is 1. The molecule has 1 fully saturated rings. The minimum atomic E-state index is -1.17. The predicted molar refractivity (Wildman–Crippen MR) is 202 cm³/mol. The Morgan fingerprint density at radius 3 is 1.82 bits per heavy atom. The number of benzene rings is 4. The van der Waals surface area contributed by atoms with Crippen LogP contribution in [0.1, 0.15) is 41.0 Å². The monoisotopic (exact) mass is 766 g/mol. The van der Waals surface area contributed by atoms with Gasteiger partial charge in [-0.15, -0.1) is 0 Å². The van der Waals surface area contributed by atoms with Gasteiger partial charge < -0.3 is 20.4 Å². The molecule has 1 atom stereocenters. The number of hydrogen-bond acceptors (Lipinski definition) is 4. The lowest BCUT2D eigenvalue weighted by Crippen LogP contribution is -2.53. The molecule has 2 N–H and O–H groups in total. The Balaban J connectivity index is 1.44. The van der Waals surface area contributed by atoms with Crippen LogP contribution in [-0.2, 0) is 32.0 Å². The van der Waals surface area contributed by atoms with Crippen LogP contribution in [0.15, 0.2) is 97.1 Å². The Kier molecular flexibility index (Phi) is 13.4. The van der Waals surface area contributed by atoms with E-state index in [9.17, 15) is 19.2 Å². The second-order valence-electron chi connectivity index (χ2n) is 12.5. The van der Waals surface area contributed by atoms with Crippen LogP contribution in [0.25, 0.3) is 0 Å². The molecular weight excluding hydrogens is 730 g/mol. The second kappa shape index (κ2) is 17.9. The van der Waals surface area contributed by atoms with Crippen LogP contribution in [0.2, 0.25) is 20.1 Å². The van der Waals surface area contributed by atoms with Crippen molar-refractivity contribution in [1.82, 2.24) is 14.7 Å². The fourth-order valence-electron chi connectivity index (χ4n) is 6.42. The molecule has 0 aromatic heterocycles. The smallest absolute Gasteiger partial charge is 0.246 e. The molecule has 1 saturated heterocycles. The summed E-state index contributed by atoms with van der Waals surface area (Å²) in [4.78, 5) is 59.0. The number of halogens is 4. The van der Waals surface area contributed by atoms with Gasteiger partial charge in [0.05, 0.1) is 19.5 Å². The van der Waals surface area contributed by atoms with Crippen molar-refractivity contribution in [3.05, 3.63) is 139 Å². The Morgan fingerprint density at radius 1 is 0.745 bits per heavy atom. The van der Waals surface area contributed by atoms with Gasteiger partial charge in [-0.05, 0) is 65.8 Å². The van der Waals surface area contributed by atoms with E-state index < -0.39 is 24.4 Å². The lowest BCUT2D eigenvalue weighted by Gasteiger charge is -2.34. The number of hydrogen-bond donors (Lipinski definition) is 1. The van der Waals surface area contributed by atoms with E-state index in [2.05, 4.69) is 0 Å². The largest absolute Gasteiger partial charge is 0.368 e. The average Bonchev–Trinajstić information content (AvgIpc) is 3.22. The van der Waals surface area contributed by atoms with Crippen LogP contribution >= 0.6 is 46.4 Å². The molecule has 51 heavy (non-hydrogen) atoms. The van der Waals surface area contributed by atoms with Gasteiger partial charge in [0.15, 0.2) is 0 Å². The molecule has 0 bridgehead atoms. The van der Waals surface area contributed by atoms with Crippen molar-refractivity contribution in [2.45, 2.75) is 37.6 Å². The summed E-state index contributed by atoms with van der Waals surface area (Å²) in [6.07, 6.45) is 0.890. The van der Waals surface area contributed by atoms with Gasteiger partial charge in [-0.1, -0.05) is 119 Å². The Hall–Kier alpha value is -4.08. The van der Waals surface area contributed by atoms with E-state index in [-0.39, 0.29) is 50.3 Å². The fourth-order valence-corrected chi connectivity index (χ4v) is 7.42. The molecule has 4 amide bonds. The molecule has 5 rings (SSSR count). The summed E-state index contributed by atoms with van der Waals surface area (Å²) < 4.78 is 0. The van der Waals surface area contributed by atoms with Crippen LogP contribution < -0.4 is 5.73 Å². The van der Waals surface area contributed by atoms with E-state index in [1.165, 1.54) is 14.7 Å². The van der Waals surface area contributed by atoms with E-state index in [0.29, 0.717) is 44.9 Å². The first kappa shape index (κ1) is 38.2. The summed E-state index contributed by atoms with van der Waals surface area (Å²) in [6.45, 7) is -0.151. The van der Waals surface area contributed by atoms with Gasteiger partial charge in [0.25, 0.3) is 0 Å². The maximum absolute atomic E-state index is 14.5. The molecule has 1 heterocycles. The maximum atomic E-state index is 14.5. The highest BCUT2D eigenvalue weighted by molar-refractivity contribution is 6.35. The average molecular weight is 769 g/mol. The number of carbonyl (C=O) groups excluding carboxylic acids is 4. The summed E-state index contributed by atoms with van der Waals surface area (Å²) in [5.74, 6) is -2.10. The first-order chi connectivity index (χ1) is 24.5. The highest BCUT2D eigenvalue weighted by Crippen LogP contribution is 2.30. The molecule has 266 valence electrons. The minimum absolute atomic E-state index is 0.0747.